The SMILES string of the molecule is Nc1ncnc2c1ncn2[C@@H]1O[C@H](COP=O)[C@@H](O[P@](=O)(S)OC[C@H]2O[C@@H](n3cnc4c(N)ncnc43)[C@H](CCS)[C@H]2F)[C@H]1F. The van der Waals surface area contributed by atoms with Crippen molar-refractivity contribution in [2.45, 2.75) is 49.5 Å². The zero-order valence-corrected chi connectivity index (χ0v) is 26.5. The molecule has 17 nitrogen and oxygen atoms in total. The minimum atomic E-state index is -4.40. The van der Waals surface area contributed by atoms with Crippen LogP contribution < -0.4 is 11.5 Å². The Morgan fingerprint density at radius 2 is 1.51 bits per heavy atom. The van der Waals surface area contributed by atoms with E-state index in [1.165, 1.54) is 34.4 Å². The van der Waals surface area contributed by atoms with E-state index in [-0.39, 0.29) is 22.8 Å². The average molecular weight is 707 g/mol. The Kier molecular flexibility index (Phi) is 9.52. The maximum atomic E-state index is 15.9. The second-order valence-electron chi connectivity index (χ2n) is 10.1. The fourth-order valence-electron chi connectivity index (χ4n) is 5.39. The summed E-state index contributed by atoms with van der Waals surface area (Å²) in [6.45, 7) is -5.38. The van der Waals surface area contributed by atoms with Crippen LogP contribution >= 0.6 is 40.4 Å². The van der Waals surface area contributed by atoms with E-state index in [0.29, 0.717) is 23.3 Å². The van der Waals surface area contributed by atoms with Gasteiger partial charge in [-0.15, -0.1) is 0 Å². The van der Waals surface area contributed by atoms with Gasteiger partial charge >= 0.3 is 15.5 Å². The molecule has 6 rings (SSSR count). The molecule has 0 radical (unpaired) electrons. The van der Waals surface area contributed by atoms with Crippen LogP contribution in [0.3, 0.4) is 0 Å². The van der Waals surface area contributed by atoms with Crippen molar-refractivity contribution in [3.05, 3.63) is 25.3 Å². The summed E-state index contributed by atoms with van der Waals surface area (Å²) in [5.74, 6) is -0.154. The molecule has 0 aliphatic carbocycles. The molecule has 0 unspecified atom stereocenters. The molecule has 0 amide bonds. The van der Waals surface area contributed by atoms with Gasteiger partial charge in [-0.3, -0.25) is 22.7 Å². The van der Waals surface area contributed by atoms with Crippen LogP contribution in [0.5, 0.6) is 0 Å². The van der Waals surface area contributed by atoms with Crippen LogP contribution in [0.4, 0.5) is 20.4 Å². The molecular weight excluding hydrogens is 680 g/mol. The summed E-state index contributed by atoms with van der Waals surface area (Å²) in [6, 6.07) is 0. The summed E-state index contributed by atoms with van der Waals surface area (Å²) in [5.41, 5.74) is 12.8. The van der Waals surface area contributed by atoms with Gasteiger partial charge in [-0.1, -0.05) is 12.2 Å². The third-order valence-electron chi connectivity index (χ3n) is 7.44. The number of ether oxygens (including phenoxy) is 2. The van der Waals surface area contributed by atoms with Crippen LogP contribution in [0.2, 0.25) is 0 Å². The van der Waals surface area contributed by atoms with Gasteiger partial charge in [-0.05, 0) is 12.2 Å². The van der Waals surface area contributed by atoms with Gasteiger partial charge in [0, 0.05) is 5.92 Å². The molecule has 4 N–H and O–H groups in total. The molecule has 23 heteroatoms. The van der Waals surface area contributed by atoms with Gasteiger partial charge in [0.15, 0.2) is 35.3 Å². The Morgan fingerprint density at radius 3 is 2.11 bits per heavy atom. The largest absolute Gasteiger partial charge is 0.386 e. The van der Waals surface area contributed by atoms with Crippen molar-refractivity contribution >= 4 is 74.3 Å². The number of nitrogens with zero attached hydrogens (tertiary/aromatic N) is 8. The van der Waals surface area contributed by atoms with Crippen LogP contribution in [-0.2, 0) is 32.2 Å². The standard InChI is InChI=1S/C22H26F2N10O7P2S2/c23-12-9(1-2-44)21(33-7-31-14-17(25)27-5-29-19(14)33)39-10(12)4-38-43(36,45)41-16-11(3-37-42-35)40-22(13(16)24)34-8-32-15-18(26)28-6-30-20(15)34/h5-13,16,21-22,44H,1-4H2,(H,36,45)(H2,25,27,29)(H2,26,28,30)/t9-,10-,11-,12-,13-,16-,21-,22-,43-/m1/s1. The summed E-state index contributed by atoms with van der Waals surface area (Å²) in [5, 5.41) is 0. The number of alkyl halides is 2. The van der Waals surface area contributed by atoms with E-state index in [0.717, 1.165) is 0 Å². The Hall–Kier alpha value is -2.61. The maximum Gasteiger partial charge on any atom is 0.386 e. The molecule has 2 aliphatic heterocycles. The molecule has 0 saturated carbocycles. The quantitative estimate of drug-likeness (QED) is 0.123. The van der Waals surface area contributed by atoms with E-state index >= 15 is 8.78 Å². The first-order valence-corrected chi connectivity index (χ1v) is 17.4. The van der Waals surface area contributed by atoms with E-state index < -0.39 is 77.7 Å². The van der Waals surface area contributed by atoms with Crippen molar-refractivity contribution in [1.29, 1.82) is 0 Å². The smallest absolute Gasteiger partial charge is 0.382 e. The first-order valence-electron chi connectivity index (χ1n) is 13.3. The topological polar surface area (TPSA) is 220 Å². The third kappa shape index (κ3) is 6.25. The lowest BCUT2D eigenvalue weighted by molar-refractivity contribution is -0.0429. The average Bonchev–Trinajstić information content (AvgIpc) is 3.77. The van der Waals surface area contributed by atoms with Crippen LogP contribution in [0.15, 0.2) is 25.3 Å². The summed E-state index contributed by atoms with van der Waals surface area (Å²) < 4.78 is 86.4. The number of halogens is 2. The molecule has 2 saturated heterocycles. The number of rotatable bonds is 12. The number of thiol groups is 2. The minimum Gasteiger partial charge on any atom is -0.382 e. The van der Waals surface area contributed by atoms with Gasteiger partial charge in [0.25, 0.3) is 0 Å². The summed E-state index contributed by atoms with van der Waals surface area (Å²) in [4.78, 5) is 24.4. The van der Waals surface area contributed by atoms with Crippen molar-refractivity contribution in [2.24, 2.45) is 5.92 Å². The molecule has 242 valence electrons. The Balaban J connectivity index is 1.17. The van der Waals surface area contributed by atoms with Gasteiger partial charge in [0.2, 0.25) is 0 Å². The normalized spacial score (nSPS) is 30.0. The summed E-state index contributed by atoms with van der Waals surface area (Å²) >= 11 is 8.27. The second-order valence-corrected chi connectivity index (χ2v) is 13.8. The zero-order chi connectivity index (χ0) is 31.9. The van der Waals surface area contributed by atoms with Gasteiger partial charge in [-0.2, -0.15) is 12.6 Å². The molecule has 2 aliphatic rings. The highest BCUT2D eigenvalue weighted by molar-refractivity contribution is 8.44. The molecule has 0 bridgehead atoms. The van der Waals surface area contributed by atoms with Crippen LogP contribution in [0.25, 0.3) is 22.3 Å². The lowest BCUT2D eigenvalue weighted by atomic mass is 9.98. The number of aromatic nitrogens is 8. The Bertz CT molecular complexity index is 1740. The summed E-state index contributed by atoms with van der Waals surface area (Å²) in [6.07, 6.45) is -4.50. The van der Waals surface area contributed by atoms with Gasteiger partial charge in [0.1, 0.15) is 54.4 Å². The van der Waals surface area contributed by atoms with Crippen molar-refractivity contribution in [3.63, 3.8) is 0 Å². The van der Waals surface area contributed by atoms with Gasteiger partial charge < -0.3 is 20.9 Å². The lowest BCUT2D eigenvalue weighted by Gasteiger charge is -2.23. The number of nitrogens with two attached hydrogens (primary N) is 2. The third-order valence-corrected chi connectivity index (χ3v) is 9.57. The van der Waals surface area contributed by atoms with E-state index in [1.54, 1.807) is 0 Å². The zero-order valence-electron chi connectivity index (χ0n) is 22.9. The monoisotopic (exact) mass is 706 g/mol. The van der Waals surface area contributed by atoms with E-state index in [1.807, 2.05) is 0 Å². The molecule has 6 heterocycles. The molecule has 9 atom stereocenters. The van der Waals surface area contributed by atoms with Crippen LogP contribution in [0, 0.1) is 5.92 Å². The number of hydrogen-bond donors (Lipinski definition) is 4. The Morgan fingerprint density at radius 1 is 0.911 bits per heavy atom. The first kappa shape index (κ1) is 32.3. The number of anilines is 2. The molecule has 4 aromatic heterocycles. The van der Waals surface area contributed by atoms with E-state index in [4.69, 9.17) is 34.5 Å². The van der Waals surface area contributed by atoms with Crippen molar-refractivity contribution in [3.8, 4) is 0 Å². The molecule has 4 aromatic rings. The van der Waals surface area contributed by atoms with Crippen LogP contribution in [0.1, 0.15) is 18.9 Å². The highest BCUT2D eigenvalue weighted by atomic mass is 32.7. The molecule has 0 aromatic carbocycles. The first-order chi connectivity index (χ1) is 21.6. The highest BCUT2D eigenvalue weighted by Gasteiger charge is 2.51. The van der Waals surface area contributed by atoms with Gasteiger partial charge in [0.05, 0.1) is 25.9 Å². The Labute approximate surface area is 265 Å². The fourth-order valence-corrected chi connectivity index (χ4v) is 7.38. The summed E-state index contributed by atoms with van der Waals surface area (Å²) in [7, 11) is -0.706. The number of fused-ring (bicyclic) bond motifs is 2. The minimum absolute atomic E-state index is 0.0658. The molecule has 2 fully saturated rings. The van der Waals surface area contributed by atoms with Crippen molar-refractivity contribution in [2.75, 3.05) is 30.4 Å². The number of imidazole rings is 2. The predicted molar refractivity (Wildman–Crippen MR) is 160 cm³/mol. The molecule has 0 spiro atoms. The molecular formula is C22H26F2N10O7P2S2. The van der Waals surface area contributed by atoms with E-state index in [2.05, 4.69) is 54.8 Å². The van der Waals surface area contributed by atoms with Crippen LogP contribution in [-0.4, -0.2) is 88.7 Å². The predicted octanol–water partition coefficient (Wildman–Crippen LogP) is 2.90. The molecule has 45 heavy (non-hydrogen) atoms. The fraction of sp³-hybridized carbons (Fsp3) is 0.545. The second kappa shape index (κ2) is 13.2. The van der Waals surface area contributed by atoms with Crippen molar-refractivity contribution in [1.82, 2.24) is 39.0 Å². The highest BCUT2D eigenvalue weighted by Crippen LogP contribution is 2.57. The lowest BCUT2D eigenvalue weighted by Crippen LogP contribution is -2.33. The van der Waals surface area contributed by atoms with E-state index in [9.17, 15) is 9.13 Å². The van der Waals surface area contributed by atoms with Crippen molar-refractivity contribution < 1.29 is 41.0 Å². The van der Waals surface area contributed by atoms with Gasteiger partial charge in [-0.25, -0.2) is 47.8 Å². The maximum absolute atomic E-state index is 15.9. The number of hydrogen-bond acceptors (Lipinski definition) is 16. The number of nitrogen functional groups attached to an aromatic ring is 2.